The standard InChI is InChI=1S/C8H7BrN4OS2/c1-2-4-12-8(16-13-4)15-7-5(9)6(14)10-3-11-7/h3H,2H2,1H3,(H,10,11,14). The molecule has 0 saturated carbocycles. The highest BCUT2D eigenvalue weighted by Gasteiger charge is 2.10. The highest BCUT2D eigenvalue weighted by atomic mass is 79.9. The largest absolute Gasteiger partial charge is 0.312 e. The predicted molar refractivity (Wildman–Crippen MR) is 66.0 cm³/mol. The molecule has 0 aliphatic carbocycles. The Hall–Kier alpha value is -0.730. The van der Waals surface area contributed by atoms with Crippen LogP contribution in [0.4, 0.5) is 0 Å². The molecule has 0 radical (unpaired) electrons. The summed E-state index contributed by atoms with van der Waals surface area (Å²) in [5.74, 6) is 0.813. The zero-order chi connectivity index (χ0) is 11.5. The molecule has 0 spiro atoms. The number of aromatic nitrogens is 4. The Labute approximate surface area is 108 Å². The highest BCUT2D eigenvalue weighted by molar-refractivity contribution is 9.10. The van der Waals surface area contributed by atoms with Crippen LogP contribution in [0.5, 0.6) is 0 Å². The van der Waals surface area contributed by atoms with Crippen molar-refractivity contribution in [3.05, 3.63) is 27.0 Å². The number of aryl methyl sites for hydroxylation is 1. The summed E-state index contributed by atoms with van der Waals surface area (Å²) in [4.78, 5) is 22.1. The molecule has 0 aliphatic rings. The Bertz CT molecular complexity index is 553. The van der Waals surface area contributed by atoms with Crippen molar-refractivity contribution < 1.29 is 0 Å². The first-order chi connectivity index (χ1) is 7.70. The van der Waals surface area contributed by atoms with E-state index in [9.17, 15) is 4.79 Å². The van der Waals surface area contributed by atoms with Gasteiger partial charge in [-0.15, -0.1) is 0 Å². The number of hydrogen-bond acceptors (Lipinski definition) is 6. The first kappa shape index (κ1) is 11.7. The van der Waals surface area contributed by atoms with Gasteiger partial charge in [0.1, 0.15) is 15.3 Å². The van der Waals surface area contributed by atoms with Crippen LogP contribution in [0.1, 0.15) is 12.7 Å². The molecule has 0 fully saturated rings. The van der Waals surface area contributed by atoms with Crippen molar-refractivity contribution in [2.24, 2.45) is 0 Å². The van der Waals surface area contributed by atoms with Crippen molar-refractivity contribution in [3.8, 4) is 0 Å². The van der Waals surface area contributed by atoms with E-state index >= 15 is 0 Å². The van der Waals surface area contributed by atoms with E-state index in [1.165, 1.54) is 29.6 Å². The fourth-order valence-electron chi connectivity index (χ4n) is 0.944. The van der Waals surface area contributed by atoms with Crippen LogP contribution in [0.3, 0.4) is 0 Å². The summed E-state index contributed by atoms with van der Waals surface area (Å²) in [6, 6.07) is 0. The topological polar surface area (TPSA) is 71.5 Å². The molecular weight excluding hydrogens is 312 g/mol. The molecule has 2 aromatic rings. The van der Waals surface area contributed by atoms with Crippen molar-refractivity contribution in [2.45, 2.75) is 22.7 Å². The fraction of sp³-hybridized carbons (Fsp3) is 0.250. The molecule has 0 saturated heterocycles. The average Bonchev–Trinajstić information content (AvgIpc) is 2.73. The first-order valence-electron chi connectivity index (χ1n) is 4.44. The lowest BCUT2D eigenvalue weighted by Crippen LogP contribution is -2.07. The molecule has 0 aliphatic heterocycles. The highest BCUT2D eigenvalue weighted by Crippen LogP contribution is 2.30. The Morgan fingerprint density at radius 1 is 1.62 bits per heavy atom. The van der Waals surface area contributed by atoms with Gasteiger partial charge in [-0.2, -0.15) is 4.37 Å². The summed E-state index contributed by atoms with van der Waals surface area (Å²) in [5.41, 5.74) is -0.197. The van der Waals surface area contributed by atoms with Crippen LogP contribution in [-0.2, 0) is 6.42 Å². The van der Waals surface area contributed by atoms with Crippen molar-refractivity contribution in [1.82, 2.24) is 19.3 Å². The predicted octanol–water partition coefficient (Wildman–Crippen LogP) is 2.10. The lowest BCUT2D eigenvalue weighted by atomic mass is 10.5. The Kier molecular flexibility index (Phi) is 3.72. The van der Waals surface area contributed by atoms with Crippen LogP contribution < -0.4 is 5.56 Å². The summed E-state index contributed by atoms with van der Waals surface area (Å²) in [6.07, 6.45) is 2.18. The number of rotatable bonds is 3. The Balaban J connectivity index is 2.27. The zero-order valence-electron chi connectivity index (χ0n) is 8.23. The molecule has 1 N–H and O–H groups in total. The van der Waals surface area contributed by atoms with Crippen LogP contribution >= 0.6 is 39.2 Å². The molecule has 16 heavy (non-hydrogen) atoms. The summed E-state index contributed by atoms with van der Waals surface area (Å²) in [6.45, 7) is 2.00. The monoisotopic (exact) mass is 318 g/mol. The maximum absolute atomic E-state index is 11.3. The van der Waals surface area contributed by atoms with Crippen LogP contribution in [-0.4, -0.2) is 19.3 Å². The van der Waals surface area contributed by atoms with Gasteiger partial charge in [-0.3, -0.25) is 4.79 Å². The Morgan fingerprint density at radius 3 is 3.12 bits per heavy atom. The Morgan fingerprint density at radius 2 is 2.44 bits per heavy atom. The van der Waals surface area contributed by atoms with Gasteiger partial charge in [0.15, 0.2) is 4.34 Å². The minimum absolute atomic E-state index is 0.197. The van der Waals surface area contributed by atoms with Crippen molar-refractivity contribution in [2.75, 3.05) is 0 Å². The average molecular weight is 319 g/mol. The maximum atomic E-state index is 11.3. The van der Waals surface area contributed by atoms with E-state index in [4.69, 9.17) is 0 Å². The van der Waals surface area contributed by atoms with Crippen LogP contribution in [0.25, 0.3) is 0 Å². The molecule has 8 heteroatoms. The third-order valence-electron chi connectivity index (χ3n) is 1.71. The minimum Gasteiger partial charge on any atom is -0.312 e. The van der Waals surface area contributed by atoms with E-state index in [1.807, 2.05) is 6.92 Å². The van der Waals surface area contributed by atoms with Crippen LogP contribution in [0.2, 0.25) is 0 Å². The van der Waals surface area contributed by atoms with Gasteiger partial charge in [0.25, 0.3) is 5.56 Å². The van der Waals surface area contributed by atoms with Gasteiger partial charge in [0.2, 0.25) is 0 Å². The van der Waals surface area contributed by atoms with Crippen molar-refractivity contribution >= 4 is 39.2 Å². The summed E-state index contributed by atoms with van der Waals surface area (Å²) < 4.78 is 5.38. The lowest BCUT2D eigenvalue weighted by molar-refractivity contribution is 0.963. The van der Waals surface area contributed by atoms with E-state index < -0.39 is 0 Å². The zero-order valence-corrected chi connectivity index (χ0v) is 11.4. The first-order valence-corrected chi connectivity index (χ1v) is 6.82. The molecule has 2 heterocycles. The van der Waals surface area contributed by atoms with E-state index in [0.29, 0.717) is 9.50 Å². The normalized spacial score (nSPS) is 10.6. The van der Waals surface area contributed by atoms with Crippen molar-refractivity contribution in [1.29, 1.82) is 0 Å². The summed E-state index contributed by atoms with van der Waals surface area (Å²) in [5, 5.41) is 0.600. The number of nitrogens with zero attached hydrogens (tertiary/aromatic N) is 3. The molecule has 2 rings (SSSR count). The number of aromatic amines is 1. The SMILES string of the molecule is CCc1nsc(Sc2nc[nH]c(=O)c2Br)n1. The van der Waals surface area contributed by atoms with E-state index in [2.05, 4.69) is 35.3 Å². The van der Waals surface area contributed by atoms with Crippen LogP contribution in [0, 0.1) is 0 Å². The molecule has 0 bridgehead atoms. The van der Waals surface area contributed by atoms with Gasteiger partial charge >= 0.3 is 0 Å². The van der Waals surface area contributed by atoms with Gasteiger partial charge in [0.05, 0.1) is 6.33 Å². The maximum Gasteiger partial charge on any atom is 0.266 e. The molecule has 84 valence electrons. The smallest absolute Gasteiger partial charge is 0.266 e. The number of nitrogens with one attached hydrogen (secondary N) is 1. The van der Waals surface area contributed by atoms with Gasteiger partial charge in [0, 0.05) is 6.42 Å². The number of H-pyrrole nitrogens is 1. The molecular formula is C8H7BrN4OS2. The molecule has 2 aromatic heterocycles. The van der Waals surface area contributed by atoms with Crippen molar-refractivity contribution in [3.63, 3.8) is 0 Å². The second-order valence-corrected chi connectivity index (χ2v) is 5.56. The number of hydrogen-bond donors (Lipinski definition) is 1. The van der Waals surface area contributed by atoms with E-state index in [1.54, 1.807) is 0 Å². The summed E-state index contributed by atoms with van der Waals surface area (Å²) >= 11 is 5.83. The lowest BCUT2D eigenvalue weighted by Gasteiger charge is -1.97. The van der Waals surface area contributed by atoms with E-state index in [0.717, 1.165) is 16.6 Å². The quantitative estimate of drug-likeness (QED) is 0.877. The number of halogens is 1. The third-order valence-corrected chi connectivity index (χ3v) is 4.50. The third kappa shape index (κ3) is 2.50. The molecule has 0 atom stereocenters. The van der Waals surface area contributed by atoms with Gasteiger partial charge in [-0.25, -0.2) is 9.97 Å². The minimum atomic E-state index is -0.197. The van der Waals surface area contributed by atoms with Gasteiger partial charge in [-0.1, -0.05) is 6.92 Å². The van der Waals surface area contributed by atoms with E-state index in [-0.39, 0.29) is 5.56 Å². The van der Waals surface area contributed by atoms with Gasteiger partial charge in [-0.05, 0) is 39.2 Å². The molecule has 0 aromatic carbocycles. The van der Waals surface area contributed by atoms with Crippen LogP contribution in [0.15, 0.2) is 25.0 Å². The second-order valence-electron chi connectivity index (χ2n) is 2.78. The molecule has 0 amide bonds. The molecule has 0 unspecified atom stereocenters. The summed E-state index contributed by atoms with van der Waals surface area (Å²) in [7, 11) is 0. The molecule has 5 nitrogen and oxygen atoms in total. The second kappa shape index (κ2) is 5.07. The fourth-order valence-corrected chi connectivity index (χ4v) is 3.00. The van der Waals surface area contributed by atoms with Gasteiger partial charge < -0.3 is 4.98 Å².